The maximum absolute atomic E-state index is 10.8. The van der Waals surface area contributed by atoms with Crippen molar-refractivity contribution >= 4 is 0 Å². The van der Waals surface area contributed by atoms with Gasteiger partial charge in [-0.25, -0.2) is 0 Å². The lowest BCUT2D eigenvalue weighted by Crippen LogP contribution is -2.47. The fourth-order valence-electron chi connectivity index (χ4n) is 2.54. The molecule has 1 fully saturated rings. The van der Waals surface area contributed by atoms with Gasteiger partial charge in [0.15, 0.2) is 0 Å². The molecule has 3 heteroatoms. The summed E-state index contributed by atoms with van der Waals surface area (Å²) in [4.78, 5) is 0. The first-order valence-corrected chi connectivity index (χ1v) is 5.84. The molecular weight excluding hydrogens is 214 g/mol. The van der Waals surface area contributed by atoms with E-state index in [0.717, 1.165) is 19.3 Å². The maximum atomic E-state index is 10.8. The van der Waals surface area contributed by atoms with Gasteiger partial charge in [-0.2, -0.15) is 5.26 Å². The van der Waals surface area contributed by atoms with E-state index in [4.69, 9.17) is 4.74 Å². The third-order valence-electron chi connectivity index (χ3n) is 3.98. The van der Waals surface area contributed by atoms with Crippen molar-refractivity contribution in [3.63, 3.8) is 0 Å². The third kappa shape index (κ3) is 1.60. The number of para-hydroxylation sites is 1. The van der Waals surface area contributed by atoms with Crippen molar-refractivity contribution in [1.82, 2.24) is 0 Å². The molecule has 0 radical (unpaired) electrons. The van der Waals surface area contributed by atoms with Crippen LogP contribution < -0.4 is 4.74 Å². The highest BCUT2D eigenvalue weighted by Gasteiger charge is 2.53. The molecule has 0 heterocycles. The van der Waals surface area contributed by atoms with Gasteiger partial charge >= 0.3 is 0 Å². The summed E-state index contributed by atoms with van der Waals surface area (Å²) < 4.78 is 5.27. The van der Waals surface area contributed by atoms with E-state index in [9.17, 15) is 10.4 Å². The predicted molar refractivity (Wildman–Crippen MR) is 64.5 cm³/mol. The van der Waals surface area contributed by atoms with Crippen molar-refractivity contribution in [1.29, 1.82) is 5.26 Å². The van der Waals surface area contributed by atoms with Crippen LogP contribution in [0.5, 0.6) is 5.75 Å². The number of hydrogen-bond donors (Lipinski definition) is 1. The van der Waals surface area contributed by atoms with Gasteiger partial charge in [0.1, 0.15) is 11.4 Å². The largest absolute Gasteiger partial charge is 0.496 e. The molecule has 1 aliphatic carbocycles. The SMILES string of the molecule is COc1ccccc1C(C)(O)C1(C#N)CCC1. The van der Waals surface area contributed by atoms with E-state index in [2.05, 4.69) is 6.07 Å². The van der Waals surface area contributed by atoms with E-state index < -0.39 is 11.0 Å². The van der Waals surface area contributed by atoms with Crippen molar-refractivity contribution in [2.45, 2.75) is 31.8 Å². The zero-order chi connectivity index (χ0) is 12.5. The smallest absolute Gasteiger partial charge is 0.124 e. The molecule has 1 aromatic rings. The van der Waals surface area contributed by atoms with Crippen LogP contribution in [0.25, 0.3) is 0 Å². The normalized spacial score (nSPS) is 20.8. The minimum Gasteiger partial charge on any atom is -0.496 e. The Labute approximate surface area is 102 Å². The van der Waals surface area contributed by atoms with Crippen molar-refractivity contribution < 1.29 is 9.84 Å². The molecule has 0 bridgehead atoms. The number of benzene rings is 1. The van der Waals surface area contributed by atoms with Crippen LogP contribution in [0.2, 0.25) is 0 Å². The Morgan fingerprint density at radius 3 is 2.53 bits per heavy atom. The minimum atomic E-state index is -1.16. The molecule has 1 unspecified atom stereocenters. The van der Waals surface area contributed by atoms with Gasteiger partial charge in [-0.15, -0.1) is 0 Å². The summed E-state index contributed by atoms with van der Waals surface area (Å²) in [6.45, 7) is 1.72. The number of aliphatic hydroxyl groups is 1. The van der Waals surface area contributed by atoms with Crippen LogP contribution >= 0.6 is 0 Å². The van der Waals surface area contributed by atoms with E-state index in [1.807, 2.05) is 24.3 Å². The molecule has 90 valence electrons. The van der Waals surface area contributed by atoms with Gasteiger partial charge in [0.25, 0.3) is 0 Å². The van der Waals surface area contributed by atoms with Crippen molar-refractivity contribution in [2.75, 3.05) is 7.11 Å². The first-order valence-electron chi connectivity index (χ1n) is 5.84. The van der Waals surface area contributed by atoms with E-state index in [-0.39, 0.29) is 0 Å². The van der Waals surface area contributed by atoms with Gasteiger partial charge in [-0.1, -0.05) is 24.6 Å². The highest BCUT2D eigenvalue weighted by Crippen LogP contribution is 2.54. The maximum Gasteiger partial charge on any atom is 0.124 e. The second kappa shape index (κ2) is 4.05. The van der Waals surface area contributed by atoms with Crippen LogP contribution in [-0.4, -0.2) is 12.2 Å². The van der Waals surface area contributed by atoms with Crippen LogP contribution in [0.3, 0.4) is 0 Å². The Morgan fingerprint density at radius 1 is 1.41 bits per heavy atom. The molecule has 0 aliphatic heterocycles. The van der Waals surface area contributed by atoms with Gasteiger partial charge < -0.3 is 9.84 Å². The van der Waals surface area contributed by atoms with Gasteiger partial charge in [0, 0.05) is 5.56 Å². The molecule has 0 saturated heterocycles. The minimum absolute atomic E-state index is 0.638. The average molecular weight is 231 g/mol. The van der Waals surface area contributed by atoms with Crippen LogP contribution in [0.15, 0.2) is 24.3 Å². The van der Waals surface area contributed by atoms with E-state index >= 15 is 0 Å². The lowest BCUT2D eigenvalue weighted by Gasteiger charge is -2.47. The molecular formula is C14H17NO2. The Kier molecular flexibility index (Phi) is 2.84. The molecule has 1 aliphatic rings. The summed E-state index contributed by atoms with van der Waals surface area (Å²) in [6, 6.07) is 9.66. The standard InChI is InChI=1S/C14H17NO2/c1-13(16,14(10-15)8-5-9-14)11-6-3-4-7-12(11)17-2/h3-4,6-7,16H,5,8-9H2,1-2H3. The fraction of sp³-hybridized carbons (Fsp3) is 0.500. The Hall–Kier alpha value is -1.53. The van der Waals surface area contributed by atoms with Crippen LogP contribution in [0, 0.1) is 16.7 Å². The van der Waals surface area contributed by atoms with E-state index in [1.165, 1.54) is 0 Å². The summed E-state index contributed by atoms with van der Waals surface area (Å²) in [7, 11) is 1.58. The van der Waals surface area contributed by atoms with Gasteiger partial charge in [0.2, 0.25) is 0 Å². The van der Waals surface area contributed by atoms with Crippen LogP contribution in [0.4, 0.5) is 0 Å². The highest BCUT2D eigenvalue weighted by atomic mass is 16.5. The summed E-state index contributed by atoms with van der Waals surface area (Å²) in [5, 5.41) is 20.1. The second-order valence-electron chi connectivity index (χ2n) is 4.82. The molecule has 1 aromatic carbocycles. The average Bonchev–Trinajstić information content (AvgIpc) is 2.28. The number of nitriles is 1. The number of rotatable bonds is 3. The molecule has 1 N–H and O–H groups in total. The summed E-state index contributed by atoms with van der Waals surface area (Å²) >= 11 is 0. The Morgan fingerprint density at radius 2 is 2.06 bits per heavy atom. The van der Waals surface area contributed by atoms with Gasteiger partial charge in [-0.05, 0) is 25.8 Å². The topological polar surface area (TPSA) is 53.2 Å². The van der Waals surface area contributed by atoms with Crippen LogP contribution in [-0.2, 0) is 5.60 Å². The molecule has 1 saturated carbocycles. The molecule has 0 aromatic heterocycles. The van der Waals surface area contributed by atoms with Crippen molar-refractivity contribution in [2.24, 2.45) is 5.41 Å². The molecule has 0 amide bonds. The number of hydrogen-bond acceptors (Lipinski definition) is 3. The molecule has 0 spiro atoms. The van der Waals surface area contributed by atoms with E-state index in [1.54, 1.807) is 14.0 Å². The summed E-state index contributed by atoms with van der Waals surface area (Å²) in [5.41, 5.74) is -1.13. The summed E-state index contributed by atoms with van der Waals surface area (Å²) in [5.74, 6) is 0.638. The highest BCUT2D eigenvalue weighted by molar-refractivity contribution is 5.41. The van der Waals surface area contributed by atoms with Crippen molar-refractivity contribution in [3.8, 4) is 11.8 Å². The number of ether oxygens (including phenoxy) is 1. The first-order chi connectivity index (χ1) is 8.07. The van der Waals surface area contributed by atoms with Gasteiger partial charge in [-0.3, -0.25) is 0 Å². The van der Waals surface area contributed by atoms with Gasteiger partial charge in [0.05, 0.1) is 18.6 Å². The lowest BCUT2D eigenvalue weighted by molar-refractivity contribution is -0.0870. The number of nitrogens with zero attached hydrogens (tertiary/aromatic N) is 1. The molecule has 2 rings (SSSR count). The first kappa shape index (κ1) is 11.9. The molecule has 17 heavy (non-hydrogen) atoms. The molecule has 1 atom stereocenters. The lowest BCUT2D eigenvalue weighted by atomic mass is 9.58. The summed E-state index contributed by atoms with van der Waals surface area (Å²) in [6.07, 6.45) is 2.49. The Bertz CT molecular complexity index is 456. The van der Waals surface area contributed by atoms with Crippen LogP contribution in [0.1, 0.15) is 31.7 Å². The molecule has 3 nitrogen and oxygen atoms in total. The Balaban J connectivity index is 2.48. The van der Waals surface area contributed by atoms with E-state index in [0.29, 0.717) is 11.3 Å². The zero-order valence-corrected chi connectivity index (χ0v) is 10.2. The quantitative estimate of drug-likeness (QED) is 0.870. The second-order valence-corrected chi connectivity index (χ2v) is 4.82. The van der Waals surface area contributed by atoms with Crippen molar-refractivity contribution in [3.05, 3.63) is 29.8 Å². The monoisotopic (exact) mass is 231 g/mol. The fourth-order valence-corrected chi connectivity index (χ4v) is 2.54. The zero-order valence-electron chi connectivity index (χ0n) is 10.2. The third-order valence-corrected chi connectivity index (χ3v) is 3.98. The number of methoxy groups -OCH3 is 1. The predicted octanol–water partition coefficient (Wildman–Crippen LogP) is 2.60.